The topological polar surface area (TPSA) is 15.3 Å². The molecule has 3 unspecified atom stereocenters. The third-order valence-corrected chi connectivity index (χ3v) is 4.19. The van der Waals surface area contributed by atoms with Gasteiger partial charge in [0.25, 0.3) is 0 Å². The van der Waals surface area contributed by atoms with E-state index in [1.807, 2.05) is 0 Å². The number of rotatable bonds is 7. The summed E-state index contributed by atoms with van der Waals surface area (Å²) >= 11 is 0. The van der Waals surface area contributed by atoms with Crippen molar-refractivity contribution in [3.63, 3.8) is 0 Å². The maximum absolute atomic E-state index is 3.77. The Morgan fingerprint density at radius 2 is 1.89 bits per heavy atom. The largest absolute Gasteiger partial charge is 0.311 e. The molecule has 2 heteroatoms. The Hall–Kier alpha value is -0.0800. The summed E-state index contributed by atoms with van der Waals surface area (Å²) in [6.07, 6.45) is 6.60. The molecule has 1 fully saturated rings. The molecular formula is C16H34N2. The van der Waals surface area contributed by atoms with Crippen LogP contribution >= 0.6 is 0 Å². The maximum atomic E-state index is 3.77. The van der Waals surface area contributed by atoms with Crippen molar-refractivity contribution in [3.8, 4) is 0 Å². The number of piperazine rings is 1. The van der Waals surface area contributed by atoms with Crippen LogP contribution in [0.15, 0.2) is 0 Å². The molecule has 1 saturated heterocycles. The Kier molecular flexibility index (Phi) is 7.25. The van der Waals surface area contributed by atoms with Crippen molar-refractivity contribution in [3.05, 3.63) is 0 Å². The van der Waals surface area contributed by atoms with Crippen LogP contribution in [-0.4, -0.2) is 36.1 Å². The molecule has 0 saturated carbocycles. The highest BCUT2D eigenvalue weighted by molar-refractivity contribution is 4.88. The van der Waals surface area contributed by atoms with E-state index < -0.39 is 0 Å². The van der Waals surface area contributed by atoms with Crippen molar-refractivity contribution in [2.75, 3.05) is 13.1 Å². The van der Waals surface area contributed by atoms with Crippen molar-refractivity contribution in [2.24, 2.45) is 5.92 Å². The van der Waals surface area contributed by atoms with Gasteiger partial charge >= 0.3 is 0 Å². The first-order chi connectivity index (χ1) is 8.58. The van der Waals surface area contributed by atoms with Crippen molar-refractivity contribution in [1.82, 2.24) is 10.2 Å². The molecule has 0 amide bonds. The average molecular weight is 254 g/mol. The zero-order valence-electron chi connectivity index (χ0n) is 13.2. The van der Waals surface area contributed by atoms with E-state index in [4.69, 9.17) is 0 Å². The molecule has 0 bridgehead atoms. The third kappa shape index (κ3) is 4.89. The summed E-state index contributed by atoms with van der Waals surface area (Å²) in [7, 11) is 0. The maximum Gasteiger partial charge on any atom is 0.0224 e. The molecular weight excluding hydrogens is 220 g/mol. The second-order valence-corrected chi connectivity index (χ2v) is 6.51. The Morgan fingerprint density at radius 3 is 2.44 bits per heavy atom. The van der Waals surface area contributed by atoms with Crippen LogP contribution in [-0.2, 0) is 0 Å². The van der Waals surface area contributed by atoms with Gasteiger partial charge in [-0.3, -0.25) is 4.90 Å². The first kappa shape index (κ1) is 16.0. The molecule has 3 atom stereocenters. The van der Waals surface area contributed by atoms with Crippen LogP contribution in [0, 0.1) is 5.92 Å². The summed E-state index contributed by atoms with van der Waals surface area (Å²) in [5.74, 6) is 0.800. The summed E-state index contributed by atoms with van der Waals surface area (Å²) < 4.78 is 0. The van der Waals surface area contributed by atoms with E-state index in [-0.39, 0.29) is 0 Å². The fourth-order valence-electron chi connectivity index (χ4n) is 3.34. The second-order valence-electron chi connectivity index (χ2n) is 6.51. The number of hydrogen-bond donors (Lipinski definition) is 1. The third-order valence-electron chi connectivity index (χ3n) is 4.19. The minimum absolute atomic E-state index is 0.706. The van der Waals surface area contributed by atoms with E-state index in [2.05, 4.69) is 44.8 Å². The van der Waals surface area contributed by atoms with Crippen LogP contribution in [0.25, 0.3) is 0 Å². The van der Waals surface area contributed by atoms with E-state index in [9.17, 15) is 0 Å². The number of nitrogens with one attached hydrogen (secondary N) is 1. The molecule has 1 N–H and O–H groups in total. The first-order valence-electron chi connectivity index (χ1n) is 8.07. The smallest absolute Gasteiger partial charge is 0.0224 e. The van der Waals surface area contributed by atoms with E-state index in [0.717, 1.165) is 18.0 Å². The second kappa shape index (κ2) is 8.16. The zero-order chi connectivity index (χ0) is 13.5. The molecule has 1 heterocycles. The molecule has 1 aliphatic heterocycles. The molecule has 0 aromatic rings. The van der Waals surface area contributed by atoms with Crippen molar-refractivity contribution in [2.45, 2.75) is 84.8 Å². The van der Waals surface area contributed by atoms with Crippen LogP contribution in [0.3, 0.4) is 0 Å². The molecule has 1 aliphatic rings. The summed E-state index contributed by atoms with van der Waals surface area (Å²) in [6, 6.07) is 2.22. The average Bonchev–Trinajstić information content (AvgIpc) is 2.31. The van der Waals surface area contributed by atoms with Crippen LogP contribution in [0.1, 0.15) is 66.7 Å². The van der Waals surface area contributed by atoms with Crippen LogP contribution in [0.2, 0.25) is 0 Å². The summed E-state index contributed by atoms with van der Waals surface area (Å²) in [4.78, 5) is 2.79. The van der Waals surface area contributed by atoms with Gasteiger partial charge in [0.05, 0.1) is 0 Å². The van der Waals surface area contributed by atoms with Gasteiger partial charge in [0.2, 0.25) is 0 Å². The highest BCUT2D eigenvalue weighted by Crippen LogP contribution is 2.20. The predicted octanol–water partition coefficient (Wildman–Crippen LogP) is 3.66. The Labute approximate surface area is 115 Å². The highest BCUT2D eigenvalue weighted by atomic mass is 15.2. The van der Waals surface area contributed by atoms with Crippen LogP contribution in [0.5, 0.6) is 0 Å². The predicted molar refractivity (Wildman–Crippen MR) is 81.0 cm³/mol. The van der Waals surface area contributed by atoms with Crippen molar-refractivity contribution >= 4 is 0 Å². The quantitative estimate of drug-likeness (QED) is 0.746. The molecule has 18 heavy (non-hydrogen) atoms. The van der Waals surface area contributed by atoms with E-state index in [0.29, 0.717) is 6.04 Å². The molecule has 2 nitrogen and oxygen atoms in total. The van der Waals surface area contributed by atoms with Gasteiger partial charge < -0.3 is 5.32 Å². The lowest BCUT2D eigenvalue weighted by atomic mass is 9.96. The van der Waals surface area contributed by atoms with Gasteiger partial charge in [-0.15, -0.1) is 0 Å². The fraction of sp³-hybridized carbons (Fsp3) is 1.00. The van der Waals surface area contributed by atoms with Crippen molar-refractivity contribution < 1.29 is 0 Å². The lowest BCUT2D eigenvalue weighted by Crippen LogP contribution is -2.59. The zero-order valence-corrected chi connectivity index (χ0v) is 13.2. The van der Waals surface area contributed by atoms with Gasteiger partial charge in [-0.2, -0.15) is 0 Å². The van der Waals surface area contributed by atoms with Crippen LogP contribution < -0.4 is 5.32 Å². The standard InChI is InChI=1S/C16H34N2/c1-6-8-14(5)18-12-15(10-13(3)4)17-11-16(18)9-7-2/h13-17H,6-12H2,1-5H3. The monoisotopic (exact) mass is 254 g/mol. The van der Waals surface area contributed by atoms with Gasteiger partial charge in [0.1, 0.15) is 0 Å². The molecule has 0 spiro atoms. The van der Waals surface area contributed by atoms with Crippen LogP contribution in [0.4, 0.5) is 0 Å². The van der Waals surface area contributed by atoms with Gasteiger partial charge in [0.15, 0.2) is 0 Å². The molecule has 0 radical (unpaired) electrons. The molecule has 108 valence electrons. The van der Waals surface area contributed by atoms with E-state index in [1.165, 1.54) is 45.2 Å². The van der Waals surface area contributed by atoms with E-state index >= 15 is 0 Å². The van der Waals surface area contributed by atoms with E-state index in [1.54, 1.807) is 0 Å². The fourth-order valence-corrected chi connectivity index (χ4v) is 3.34. The Bertz CT molecular complexity index is 215. The lowest BCUT2D eigenvalue weighted by Gasteiger charge is -2.44. The molecule has 0 aliphatic carbocycles. The van der Waals surface area contributed by atoms with Gasteiger partial charge in [-0.05, 0) is 32.1 Å². The van der Waals surface area contributed by atoms with Crippen molar-refractivity contribution in [1.29, 1.82) is 0 Å². The Morgan fingerprint density at radius 1 is 1.17 bits per heavy atom. The minimum Gasteiger partial charge on any atom is -0.311 e. The Balaban J connectivity index is 2.57. The first-order valence-corrected chi connectivity index (χ1v) is 8.07. The van der Waals surface area contributed by atoms with Gasteiger partial charge in [-0.1, -0.05) is 40.5 Å². The normalized spacial score (nSPS) is 27.7. The summed E-state index contributed by atoms with van der Waals surface area (Å²) in [5.41, 5.74) is 0. The summed E-state index contributed by atoms with van der Waals surface area (Å²) in [6.45, 7) is 14.1. The molecule has 0 aromatic heterocycles. The number of hydrogen-bond acceptors (Lipinski definition) is 2. The minimum atomic E-state index is 0.706. The van der Waals surface area contributed by atoms with Gasteiger partial charge in [-0.25, -0.2) is 0 Å². The highest BCUT2D eigenvalue weighted by Gasteiger charge is 2.30. The SMILES string of the molecule is CCCC(C)N1CC(CC(C)C)NCC1CCC. The lowest BCUT2D eigenvalue weighted by molar-refractivity contribution is 0.0733. The van der Waals surface area contributed by atoms with Gasteiger partial charge in [0, 0.05) is 31.2 Å². The number of nitrogens with zero attached hydrogens (tertiary/aromatic N) is 1. The summed E-state index contributed by atoms with van der Waals surface area (Å²) in [5, 5.41) is 3.77. The molecule has 1 rings (SSSR count). The molecule has 0 aromatic carbocycles.